The van der Waals surface area contributed by atoms with Gasteiger partial charge in [-0.1, -0.05) is 0 Å². The Morgan fingerprint density at radius 1 is 1.46 bits per heavy atom. The van der Waals surface area contributed by atoms with Gasteiger partial charge in [0.15, 0.2) is 0 Å². The summed E-state index contributed by atoms with van der Waals surface area (Å²) in [5.41, 5.74) is -0.376. The Bertz CT molecular complexity index is 196. The van der Waals surface area contributed by atoms with Crippen LogP contribution in [0, 0.1) is 0 Å². The van der Waals surface area contributed by atoms with Gasteiger partial charge in [-0.15, -0.1) is 0 Å². The minimum absolute atomic E-state index is 0.169. The summed E-state index contributed by atoms with van der Waals surface area (Å²) in [6, 6.07) is 0.342. The van der Waals surface area contributed by atoms with Gasteiger partial charge in [-0.3, -0.25) is 0 Å². The van der Waals surface area contributed by atoms with Gasteiger partial charge in [-0.2, -0.15) is 0 Å². The second-order valence-corrected chi connectivity index (χ2v) is 4.66. The Morgan fingerprint density at radius 2 is 2.08 bits per heavy atom. The molecule has 1 amide bonds. The molecule has 1 heterocycles. The maximum Gasteiger partial charge on any atom is 0.410 e. The summed E-state index contributed by atoms with van der Waals surface area (Å²) >= 11 is 0. The van der Waals surface area contributed by atoms with Crippen molar-refractivity contribution >= 4 is 6.09 Å². The molecule has 1 aliphatic heterocycles. The number of nitrogens with zero attached hydrogens (tertiary/aromatic N) is 1. The second kappa shape index (κ2) is 3.56. The van der Waals surface area contributed by atoms with Crippen LogP contribution in [-0.2, 0) is 4.74 Å². The summed E-state index contributed by atoms with van der Waals surface area (Å²) in [7, 11) is 0. The van der Waals surface area contributed by atoms with E-state index in [1.165, 1.54) is 0 Å². The topological polar surface area (TPSA) is 29.5 Å². The van der Waals surface area contributed by atoms with Gasteiger partial charge < -0.3 is 9.64 Å². The van der Waals surface area contributed by atoms with E-state index in [2.05, 4.69) is 6.92 Å². The number of likely N-dealkylation sites (tertiary alicyclic amines) is 1. The standard InChI is InChI=1S/C10H19NO2/c1-8-6-5-7-11(8)9(12)13-10(2,3)4/h8H,5-7H2,1-4H3/t8-/m0/s1. The molecule has 0 radical (unpaired) electrons. The molecule has 0 bridgehead atoms. The molecule has 76 valence electrons. The number of rotatable bonds is 0. The highest BCUT2D eigenvalue weighted by Gasteiger charge is 2.28. The lowest BCUT2D eigenvalue weighted by Gasteiger charge is -2.26. The zero-order valence-corrected chi connectivity index (χ0v) is 8.96. The minimum Gasteiger partial charge on any atom is -0.444 e. The number of amides is 1. The Labute approximate surface area is 80.1 Å². The number of hydrogen-bond acceptors (Lipinski definition) is 2. The summed E-state index contributed by atoms with van der Waals surface area (Å²) < 4.78 is 5.28. The lowest BCUT2D eigenvalue weighted by atomic mass is 10.2. The van der Waals surface area contributed by atoms with E-state index in [0.717, 1.165) is 19.4 Å². The minimum atomic E-state index is -0.376. The SMILES string of the molecule is C[C@H]1CCCN1C(=O)OC(C)(C)C. The fourth-order valence-corrected chi connectivity index (χ4v) is 1.53. The predicted molar refractivity (Wildman–Crippen MR) is 51.6 cm³/mol. The lowest BCUT2D eigenvalue weighted by Crippen LogP contribution is -2.38. The van der Waals surface area contributed by atoms with Crippen LogP contribution in [0.3, 0.4) is 0 Å². The van der Waals surface area contributed by atoms with Crippen LogP contribution in [0.25, 0.3) is 0 Å². The number of carbonyl (C=O) groups excluding carboxylic acids is 1. The number of carbonyl (C=O) groups is 1. The molecule has 0 aromatic heterocycles. The molecule has 1 rings (SSSR count). The van der Waals surface area contributed by atoms with Crippen LogP contribution in [-0.4, -0.2) is 29.2 Å². The zero-order chi connectivity index (χ0) is 10.1. The van der Waals surface area contributed by atoms with Gasteiger partial charge in [0.05, 0.1) is 0 Å². The molecule has 3 nitrogen and oxygen atoms in total. The largest absolute Gasteiger partial charge is 0.444 e. The van der Waals surface area contributed by atoms with Crippen LogP contribution in [0.2, 0.25) is 0 Å². The maximum atomic E-state index is 11.6. The van der Waals surface area contributed by atoms with E-state index >= 15 is 0 Å². The van der Waals surface area contributed by atoms with Gasteiger partial charge in [-0.05, 0) is 40.5 Å². The van der Waals surface area contributed by atoms with Crippen LogP contribution in [0.15, 0.2) is 0 Å². The fraction of sp³-hybridized carbons (Fsp3) is 0.900. The maximum absolute atomic E-state index is 11.6. The Morgan fingerprint density at radius 3 is 2.46 bits per heavy atom. The van der Waals surface area contributed by atoms with Crippen LogP contribution in [0.1, 0.15) is 40.5 Å². The molecule has 0 N–H and O–H groups in total. The highest BCUT2D eigenvalue weighted by Crippen LogP contribution is 2.19. The third-order valence-electron chi connectivity index (χ3n) is 2.18. The van der Waals surface area contributed by atoms with Crippen molar-refractivity contribution in [2.24, 2.45) is 0 Å². The van der Waals surface area contributed by atoms with Gasteiger partial charge in [0.1, 0.15) is 5.60 Å². The van der Waals surface area contributed by atoms with E-state index in [1.54, 1.807) is 0 Å². The first kappa shape index (κ1) is 10.4. The molecule has 1 aliphatic rings. The van der Waals surface area contributed by atoms with Gasteiger partial charge in [0.25, 0.3) is 0 Å². The van der Waals surface area contributed by atoms with E-state index in [1.807, 2.05) is 25.7 Å². The van der Waals surface area contributed by atoms with Crippen LogP contribution in [0.4, 0.5) is 4.79 Å². The van der Waals surface area contributed by atoms with E-state index in [9.17, 15) is 4.79 Å². The average Bonchev–Trinajstić information content (AvgIpc) is 2.30. The first-order valence-corrected chi connectivity index (χ1v) is 4.90. The summed E-state index contributed by atoms with van der Waals surface area (Å²) in [4.78, 5) is 13.4. The molecule has 0 unspecified atom stereocenters. The normalized spacial score (nSPS) is 23.4. The van der Waals surface area contributed by atoms with Crippen molar-refractivity contribution in [3.05, 3.63) is 0 Å². The summed E-state index contributed by atoms with van der Waals surface area (Å²) in [5.74, 6) is 0. The molecule has 0 aliphatic carbocycles. The fourth-order valence-electron chi connectivity index (χ4n) is 1.53. The summed E-state index contributed by atoms with van der Waals surface area (Å²) in [6.45, 7) is 8.59. The molecular formula is C10H19NO2. The summed E-state index contributed by atoms with van der Waals surface area (Å²) in [6.07, 6.45) is 2.03. The van der Waals surface area contributed by atoms with Crippen molar-refractivity contribution in [2.45, 2.75) is 52.2 Å². The van der Waals surface area contributed by atoms with Gasteiger partial charge in [0.2, 0.25) is 0 Å². The van der Waals surface area contributed by atoms with Gasteiger partial charge >= 0.3 is 6.09 Å². The second-order valence-electron chi connectivity index (χ2n) is 4.66. The van der Waals surface area contributed by atoms with Crippen molar-refractivity contribution in [1.29, 1.82) is 0 Å². The molecule has 0 saturated carbocycles. The van der Waals surface area contributed by atoms with Gasteiger partial charge in [0, 0.05) is 12.6 Å². The van der Waals surface area contributed by atoms with E-state index in [4.69, 9.17) is 4.74 Å². The summed E-state index contributed by atoms with van der Waals surface area (Å²) in [5, 5.41) is 0. The van der Waals surface area contributed by atoms with Crippen molar-refractivity contribution in [3.8, 4) is 0 Å². The highest BCUT2D eigenvalue weighted by atomic mass is 16.6. The Hall–Kier alpha value is -0.730. The molecule has 0 aromatic carbocycles. The zero-order valence-electron chi connectivity index (χ0n) is 8.96. The Balaban J connectivity index is 2.48. The van der Waals surface area contributed by atoms with Crippen molar-refractivity contribution in [2.75, 3.05) is 6.54 Å². The smallest absolute Gasteiger partial charge is 0.410 e. The third kappa shape index (κ3) is 2.90. The number of hydrogen-bond donors (Lipinski definition) is 0. The monoisotopic (exact) mass is 185 g/mol. The lowest BCUT2D eigenvalue weighted by molar-refractivity contribution is 0.0239. The highest BCUT2D eigenvalue weighted by molar-refractivity contribution is 5.68. The van der Waals surface area contributed by atoms with E-state index in [0.29, 0.717) is 6.04 Å². The van der Waals surface area contributed by atoms with Crippen molar-refractivity contribution in [1.82, 2.24) is 4.90 Å². The van der Waals surface area contributed by atoms with Gasteiger partial charge in [-0.25, -0.2) is 4.79 Å². The first-order valence-electron chi connectivity index (χ1n) is 4.90. The molecule has 1 saturated heterocycles. The van der Waals surface area contributed by atoms with E-state index in [-0.39, 0.29) is 11.7 Å². The van der Waals surface area contributed by atoms with Crippen molar-refractivity contribution < 1.29 is 9.53 Å². The predicted octanol–water partition coefficient (Wildman–Crippen LogP) is 2.41. The molecule has 0 aromatic rings. The average molecular weight is 185 g/mol. The quantitative estimate of drug-likeness (QED) is 0.580. The number of ether oxygens (including phenoxy) is 1. The molecule has 13 heavy (non-hydrogen) atoms. The van der Waals surface area contributed by atoms with E-state index < -0.39 is 0 Å². The van der Waals surface area contributed by atoms with Crippen LogP contribution < -0.4 is 0 Å². The molecule has 1 fully saturated rings. The molecular weight excluding hydrogens is 166 g/mol. The van der Waals surface area contributed by atoms with Crippen LogP contribution >= 0.6 is 0 Å². The van der Waals surface area contributed by atoms with Crippen molar-refractivity contribution in [3.63, 3.8) is 0 Å². The molecule has 3 heteroatoms. The van der Waals surface area contributed by atoms with Crippen LogP contribution in [0.5, 0.6) is 0 Å². The third-order valence-corrected chi connectivity index (χ3v) is 2.18. The Kier molecular flexibility index (Phi) is 2.84. The first-order chi connectivity index (χ1) is 5.90. The molecule has 1 atom stereocenters. The molecule has 0 spiro atoms.